The SMILES string of the molecule is C=C(C)C(=O)OC(COCCCC)COc1cc(OC)c(OCC(COCCCC)OC(=O)C(=C)C)c2ccccc12. The maximum atomic E-state index is 12.2. The number of fused-ring (bicyclic) bond motifs is 1. The highest BCUT2D eigenvalue weighted by molar-refractivity contribution is 5.95. The van der Waals surface area contributed by atoms with Gasteiger partial charge in [-0.25, -0.2) is 9.59 Å². The molecule has 0 amide bonds. The standard InChI is InChI=1S/C33H46O9/c1-8-10-16-37-19-25(41-32(34)23(3)4)21-39-29-18-30(36-7)31(28-15-13-12-14-27(28)29)40-22-26(20-38-17-11-9-2)42-33(35)24(5)6/h12-15,18,25-26H,3,5,8-11,16-17,19-22H2,1-2,4,6-7H3. The fraction of sp³-hybridized carbons (Fsp3) is 0.515. The highest BCUT2D eigenvalue weighted by Crippen LogP contribution is 2.41. The van der Waals surface area contributed by atoms with Gasteiger partial charge in [-0.05, 0) is 26.7 Å². The Morgan fingerprint density at radius 3 is 1.71 bits per heavy atom. The maximum absolute atomic E-state index is 12.2. The molecular weight excluding hydrogens is 540 g/mol. The number of hydrogen-bond donors (Lipinski definition) is 0. The molecular formula is C33H46O9. The summed E-state index contributed by atoms with van der Waals surface area (Å²) in [6, 6.07) is 9.27. The number of ether oxygens (including phenoxy) is 7. The second kappa shape index (κ2) is 18.8. The zero-order valence-corrected chi connectivity index (χ0v) is 25.7. The van der Waals surface area contributed by atoms with Crippen LogP contribution >= 0.6 is 0 Å². The third kappa shape index (κ3) is 11.4. The molecule has 0 aliphatic heterocycles. The third-order valence-electron chi connectivity index (χ3n) is 6.12. The molecule has 9 heteroatoms. The van der Waals surface area contributed by atoms with E-state index in [-0.39, 0.29) is 26.4 Å². The first kappa shape index (κ1) is 34.6. The van der Waals surface area contributed by atoms with Crippen molar-refractivity contribution in [2.75, 3.05) is 46.8 Å². The van der Waals surface area contributed by atoms with E-state index >= 15 is 0 Å². The fourth-order valence-electron chi connectivity index (χ4n) is 3.73. The van der Waals surface area contributed by atoms with Gasteiger partial charge in [0.25, 0.3) is 0 Å². The van der Waals surface area contributed by atoms with Gasteiger partial charge in [0.15, 0.2) is 23.7 Å². The Morgan fingerprint density at radius 2 is 1.24 bits per heavy atom. The molecule has 2 atom stereocenters. The second-order valence-corrected chi connectivity index (χ2v) is 10.0. The Hall–Kier alpha value is -3.56. The number of carbonyl (C=O) groups is 2. The largest absolute Gasteiger partial charge is 0.493 e. The van der Waals surface area contributed by atoms with Crippen LogP contribution in [-0.2, 0) is 28.5 Å². The van der Waals surface area contributed by atoms with Crippen molar-refractivity contribution in [2.45, 2.75) is 65.6 Å². The molecule has 0 radical (unpaired) electrons. The van der Waals surface area contributed by atoms with E-state index in [2.05, 4.69) is 27.0 Å². The van der Waals surface area contributed by atoms with Gasteiger partial charge in [0.05, 0.1) is 20.3 Å². The van der Waals surface area contributed by atoms with Gasteiger partial charge in [0, 0.05) is 41.2 Å². The molecule has 0 bridgehead atoms. The number of methoxy groups -OCH3 is 1. The van der Waals surface area contributed by atoms with E-state index in [1.807, 2.05) is 24.3 Å². The molecule has 42 heavy (non-hydrogen) atoms. The van der Waals surface area contributed by atoms with Crippen molar-refractivity contribution < 1.29 is 42.7 Å². The first-order valence-electron chi connectivity index (χ1n) is 14.4. The maximum Gasteiger partial charge on any atom is 0.333 e. The minimum Gasteiger partial charge on any atom is -0.493 e. The van der Waals surface area contributed by atoms with Crippen molar-refractivity contribution in [3.8, 4) is 17.2 Å². The Morgan fingerprint density at radius 1 is 0.738 bits per heavy atom. The fourth-order valence-corrected chi connectivity index (χ4v) is 3.73. The van der Waals surface area contributed by atoms with Gasteiger partial charge >= 0.3 is 11.9 Å². The molecule has 0 fully saturated rings. The van der Waals surface area contributed by atoms with Crippen LogP contribution in [0.25, 0.3) is 10.8 Å². The second-order valence-electron chi connectivity index (χ2n) is 10.0. The lowest BCUT2D eigenvalue weighted by Gasteiger charge is -2.22. The number of rotatable bonds is 21. The van der Waals surface area contributed by atoms with Crippen LogP contribution < -0.4 is 14.2 Å². The highest BCUT2D eigenvalue weighted by Gasteiger charge is 2.22. The van der Waals surface area contributed by atoms with Crippen molar-refractivity contribution in [1.29, 1.82) is 0 Å². The van der Waals surface area contributed by atoms with Gasteiger partial charge in [0.1, 0.15) is 19.0 Å². The summed E-state index contributed by atoms with van der Waals surface area (Å²) in [4.78, 5) is 24.5. The summed E-state index contributed by atoms with van der Waals surface area (Å²) in [6.45, 7) is 16.3. The van der Waals surface area contributed by atoms with Crippen LogP contribution in [0.1, 0.15) is 53.4 Å². The molecule has 232 valence electrons. The van der Waals surface area contributed by atoms with Crippen LogP contribution in [0.3, 0.4) is 0 Å². The molecule has 0 aliphatic carbocycles. The Kier molecular flexibility index (Phi) is 15.5. The van der Waals surface area contributed by atoms with Crippen LogP contribution in [0.5, 0.6) is 17.2 Å². The minimum atomic E-state index is -0.651. The molecule has 2 aromatic rings. The lowest BCUT2D eigenvalue weighted by atomic mass is 10.1. The van der Waals surface area contributed by atoms with E-state index in [9.17, 15) is 9.59 Å². The first-order valence-corrected chi connectivity index (χ1v) is 14.4. The van der Waals surface area contributed by atoms with Crippen LogP contribution in [0.15, 0.2) is 54.6 Å². The summed E-state index contributed by atoms with van der Waals surface area (Å²) >= 11 is 0. The topological polar surface area (TPSA) is 98.8 Å². The van der Waals surface area contributed by atoms with E-state index in [4.69, 9.17) is 33.2 Å². The van der Waals surface area contributed by atoms with Crippen LogP contribution in [0, 0.1) is 0 Å². The molecule has 0 aliphatic rings. The number of esters is 2. The monoisotopic (exact) mass is 586 g/mol. The Labute approximate surface area is 249 Å². The highest BCUT2D eigenvalue weighted by atomic mass is 16.6. The number of unbranched alkanes of at least 4 members (excludes halogenated alkanes) is 2. The molecule has 2 rings (SSSR count). The van der Waals surface area contributed by atoms with Crippen molar-refractivity contribution in [2.24, 2.45) is 0 Å². The predicted octanol–water partition coefficient (Wildman–Crippen LogP) is 6.22. The van der Waals surface area contributed by atoms with Gasteiger partial charge in [-0.1, -0.05) is 64.1 Å². The molecule has 0 aromatic heterocycles. The number of hydrogen-bond acceptors (Lipinski definition) is 9. The number of benzene rings is 2. The Balaban J connectivity index is 2.27. The van der Waals surface area contributed by atoms with Crippen molar-refractivity contribution in [3.05, 3.63) is 54.6 Å². The summed E-state index contributed by atoms with van der Waals surface area (Å²) in [5.41, 5.74) is 0.589. The molecule has 0 saturated carbocycles. The van der Waals surface area contributed by atoms with E-state index in [0.29, 0.717) is 41.6 Å². The van der Waals surface area contributed by atoms with E-state index < -0.39 is 24.1 Å². The zero-order valence-electron chi connectivity index (χ0n) is 25.7. The van der Waals surface area contributed by atoms with Crippen molar-refractivity contribution >= 4 is 22.7 Å². The molecule has 0 N–H and O–H groups in total. The van der Waals surface area contributed by atoms with Gasteiger partial charge in [0.2, 0.25) is 0 Å². The molecule has 2 aromatic carbocycles. The predicted molar refractivity (Wildman–Crippen MR) is 162 cm³/mol. The number of carbonyl (C=O) groups excluding carboxylic acids is 2. The van der Waals surface area contributed by atoms with Crippen LogP contribution in [0.4, 0.5) is 0 Å². The molecule has 0 heterocycles. The van der Waals surface area contributed by atoms with Crippen LogP contribution in [-0.4, -0.2) is 70.9 Å². The molecule has 0 saturated heterocycles. The van der Waals surface area contributed by atoms with Crippen molar-refractivity contribution in [3.63, 3.8) is 0 Å². The smallest absolute Gasteiger partial charge is 0.333 e. The average Bonchev–Trinajstić information content (AvgIpc) is 2.98. The average molecular weight is 587 g/mol. The normalized spacial score (nSPS) is 12.3. The molecule has 9 nitrogen and oxygen atoms in total. The van der Waals surface area contributed by atoms with Gasteiger partial charge < -0.3 is 33.2 Å². The first-order chi connectivity index (χ1) is 20.2. The van der Waals surface area contributed by atoms with Crippen LogP contribution in [0.2, 0.25) is 0 Å². The van der Waals surface area contributed by atoms with Gasteiger partial charge in [-0.15, -0.1) is 0 Å². The summed E-state index contributed by atoms with van der Waals surface area (Å²) in [7, 11) is 1.53. The van der Waals surface area contributed by atoms with Gasteiger partial charge in [-0.2, -0.15) is 0 Å². The van der Waals surface area contributed by atoms with E-state index in [0.717, 1.165) is 36.5 Å². The quantitative estimate of drug-likeness (QED) is 0.0960. The summed E-state index contributed by atoms with van der Waals surface area (Å²) in [5, 5.41) is 1.50. The van der Waals surface area contributed by atoms with Crippen molar-refractivity contribution in [1.82, 2.24) is 0 Å². The molecule has 2 unspecified atom stereocenters. The lowest BCUT2D eigenvalue weighted by molar-refractivity contribution is -0.150. The van der Waals surface area contributed by atoms with Gasteiger partial charge in [-0.3, -0.25) is 0 Å². The molecule has 0 spiro atoms. The lowest BCUT2D eigenvalue weighted by Crippen LogP contribution is -2.30. The summed E-state index contributed by atoms with van der Waals surface area (Å²) < 4.78 is 40.6. The summed E-state index contributed by atoms with van der Waals surface area (Å²) in [5.74, 6) is 0.403. The Bertz CT molecular complexity index is 1170. The summed E-state index contributed by atoms with van der Waals surface area (Å²) in [6.07, 6.45) is 2.51. The minimum absolute atomic E-state index is 0.0414. The van der Waals surface area contributed by atoms with E-state index in [1.165, 1.54) is 7.11 Å². The zero-order chi connectivity index (χ0) is 30.9. The van der Waals surface area contributed by atoms with E-state index in [1.54, 1.807) is 19.9 Å². The third-order valence-corrected chi connectivity index (χ3v) is 6.12.